The molecule has 10 nitrogen and oxygen atoms in total. The van der Waals surface area contributed by atoms with Crippen LogP contribution in [0.2, 0.25) is 0 Å². The Balaban J connectivity index is 1.86. The molecule has 4 atom stereocenters. The molecule has 1 saturated heterocycles. The molecule has 1 aliphatic heterocycles. The summed E-state index contributed by atoms with van der Waals surface area (Å²) in [6, 6.07) is 11.7. The van der Waals surface area contributed by atoms with Gasteiger partial charge in [-0.2, -0.15) is 23.5 Å². The van der Waals surface area contributed by atoms with Crippen molar-refractivity contribution in [1.29, 1.82) is 0 Å². The highest BCUT2D eigenvalue weighted by Crippen LogP contribution is 2.30. The summed E-state index contributed by atoms with van der Waals surface area (Å²) >= 11 is 2.98. The molecule has 8 N–H and O–H groups in total. The molecule has 0 bridgehead atoms. The standard InChI is InChI=1S/C28H37N5O5S2/c1-28(2)23(33-25(36)20(29)14-18-8-10-19(34)11-9-18)27(38)31-21(15-17-6-4-3-5-7-17)26(37)32-22(24(30)35)16-39-12-13-40-28/h3-11,20-23,34H,12-16,29H2,1-2H3,(H2,30,35)(H,31,38)(H,32,37)(H,33,36)/t20-,21-,22-,23?/m0/s1. The van der Waals surface area contributed by atoms with Crippen molar-refractivity contribution in [1.82, 2.24) is 16.0 Å². The van der Waals surface area contributed by atoms with Crippen molar-refractivity contribution >= 4 is 47.2 Å². The van der Waals surface area contributed by atoms with Crippen molar-refractivity contribution in [2.45, 2.75) is 55.6 Å². The lowest BCUT2D eigenvalue weighted by Gasteiger charge is -2.35. The molecule has 1 unspecified atom stereocenters. The topological polar surface area (TPSA) is 177 Å². The molecular weight excluding hydrogens is 550 g/mol. The molecule has 0 aliphatic carbocycles. The minimum Gasteiger partial charge on any atom is -0.508 e. The highest BCUT2D eigenvalue weighted by Gasteiger charge is 2.40. The monoisotopic (exact) mass is 587 g/mol. The summed E-state index contributed by atoms with van der Waals surface area (Å²) in [6.45, 7) is 3.72. The molecule has 2 aromatic rings. The summed E-state index contributed by atoms with van der Waals surface area (Å²) in [5.74, 6) is -0.564. The molecule has 216 valence electrons. The van der Waals surface area contributed by atoms with E-state index in [0.29, 0.717) is 17.3 Å². The van der Waals surface area contributed by atoms with Crippen molar-refractivity contribution in [2.24, 2.45) is 11.5 Å². The van der Waals surface area contributed by atoms with Crippen molar-refractivity contribution in [3.63, 3.8) is 0 Å². The number of carbonyl (C=O) groups excluding carboxylic acids is 4. The number of aromatic hydroxyl groups is 1. The van der Waals surface area contributed by atoms with Gasteiger partial charge in [0.05, 0.1) is 6.04 Å². The lowest BCUT2D eigenvalue weighted by Crippen LogP contribution is -2.62. The number of nitrogens with two attached hydrogens (primary N) is 2. The number of phenols is 1. The van der Waals surface area contributed by atoms with Gasteiger partial charge in [0.1, 0.15) is 23.9 Å². The maximum atomic E-state index is 13.8. The van der Waals surface area contributed by atoms with E-state index in [2.05, 4.69) is 16.0 Å². The molecule has 1 aliphatic rings. The zero-order valence-electron chi connectivity index (χ0n) is 22.6. The van der Waals surface area contributed by atoms with E-state index in [9.17, 15) is 24.3 Å². The van der Waals surface area contributed by atoms with E-state index in [0.717, 1.165) is 11.1 Å². The van der Waals surface area contributed by atoms with Crippen LogP contribution in [0.5, 0.6) is 5.75 Å². The van der Waals surface area contributed by atoms with Gasteiger partial charge in [-0.3, -0.25) is 19.2 Å². The van der Waals surface area contributed by atoms with Crippen LogP contribution in [0.25, 0.3) is 0 Å². The first-order valence-electron chi connectivity index (χ1n) is 13.0. The second-order valence-electron chi connectivity index (χ2n) is 10.2. The molecular formula is C28H37N5O5S2. The van der Waals surface area contributed by atoms with Gasteiger partial charge < -0.3 is 32.5 Å². The molecule has 0 saturated carbocycles. The molecule has 1 heterocycles. The van der Waals surface area contributed by atoms with Gasteiger partial charge >= 0.3 is 0 Å². The van der Waals surface area contributed by atoms with Gasteiger partial charge in [-0.15, -0.1) is 0 Å². The number of amides is 4. The predicted molar refractivity (Wildman–Crippen MR) is 159 cm³/mol. The number of hydrogen-bond donors (Lipinski definition) is 6. The van der Waals surface area contributed by atoms with Crippen molar-refractivity contribution in [3.05, 3.63) is 65.7 Å². The molecule has 0 aromatic heterocycles. The van der Waals surface area contributed by atoms with E-state index in [1.54, 1.807) is 12.1 Å². The summed E-state index contributed by atoms with van der Waals surface area (Å²) < 4.78 is -0.760. The maximum Gasteiger partial charge on any atom is 0.244 e. The number of rotatable bonds is 7. The second kappa shape index (κ2) is 14.4. The molecule has 3 rings (SSSR count). The number of thioether (sulfide) groups is 2. The number of hydrogen-bond acceptors (Lipinski definition) is 8. The number of primary amides is 1. The Hall–Kier alpha value is -3.22. The molecule has 12 heteroatoms. The largest absolute Gasteiger partial charge is 0.508 e. The fourth-order valence-electron chi connectivity index (χ4n) is 4.21. The van der Waals surface area contributed by atoms with Gasteiger partial charge in [-0.05, 0) is 43.5 Å². The van der Waals surface area contributed by atoms with Crippen LogP contribution in [0.4, 0.5) is 0 Å². The van der Waals surface area contributed by atoms with Gasteiger partial charge in [0.15, 0.2) is 0 Å². The van der Waals surface area contributed by atoms with Crippen LogP contribution in [0.15, 0.2) is 54.6 Å². The van der Waals surface area contributed by atoms with Crippen molar-refractivity contribution in [3.8, 4) is 5.75 Å². The first-order chi connectivity index (χ1) is 19.0. The maximum absolute atomic E-state index is 13.8. The van der Waals surface area contributed by atoms with E-state index in [4.69, 9.17) is 11.5 Å². The fourth-order valence-corrected chi connectivity index (χ4v) is 6.53. The number of nitrogens with one attached hydrogen (secondary N) is 3. The summed E-state index contributed by atoms with van der Waals surface area (Å²) in [5, 5.41) is 17.8. The van der Waals surface area contributed by atoms with Gasteiger partial charge in [-0.1, -0.05) is 42.5 Å². The third kappa shape index (κ3) is 9.17. The Morgan fingerprint density at radius 1 is 1.02 bits per heavy atom. The summed E-state index contributed by atoms with van der Waals surface area (Å²) in [4.78, 5) is 52.3. The zero-order valence-corrected chi connectivity index (χ0v) is 24.2. The molecule has 0 radical (unpaired) electrons. The Labute approximate surface area is 242 Å². The number of carbonyl (C=O) groups is 4. The van der Waals surface area contributed by atoms with E-state index < -0.39 is 52.5 Å². The minimum atomic E-state index is -1.02. The van der Waals surface area contributed by atoms with Crippen LogP contribution >= 0.6 is 23.5 Å². The third-order valence-electron chi connectivity index (χ3n) is 6.53. The SMILES string of the molecule is CC1(C)SCCSC[C@@H](C(N)=O)NC(=O)[C@H](Cc2ccccc2)NC(=O)C1NC(=O)[C@@H](N)Cc1ccc(O)cc1. The summed E-state index contributed by atoms with van der Waals surface area (Å²) in [6.07, 6.45) is 0.379. The van der Waals surface area contributed by atoms with Gasteiger partial charge in [0.2, 0.25) is 23.6 Å². The van der Waals surface area contributed by atoms with Gasteiger partial charge in [0.25, 0.3) is 0 Å². The number of benzene rings is 2. The Kier molecular flexibility index (Phi) is 11.3. The fraction of sp³-hybridized carbons (Fsp3) is 0.429. The van der Waals surface area contributed by atoms with E-state index >= 15 is 0 Å². The lowest BCUT2D eigenvalue weighted by atomic mass is 9.98. The van der Waals surface area contributed by atoms with Crippen LogP contribution in [-0.2, 0) is 32.0 Å². The second-order valence-corrected chi connectivity index (χ2v) is 13.1. The molecule has 4 amide bonds. The molecule has 2 aromatic carbocycles. The summed E-state index contributed by atoms with van der Waals surface area (Å²) in [7, 11) is 0. The highest BCUT2D eigenvalue weighted by molar-refractivity contribution is 8.03. The Morgan fingerprint density at radius 3 is 2.35 bits per heavy atom. The van der Waals surface area contributed by atoms with Gasteiger partial charge in [0, 0.05) is 28.4 Å². The Morgan fingerprint density at radius 2 is 1.70 bits per heavy atom. The van der Waals surface area contributed by atoms with Gasteiger partial charge in [-0.25, -0.2) is 0 Å². The predicted octanol–water partition coefficient (Wildman–Crippen LogP) is 0.703. The smallest absolute Gasteiger partial charge is 0.244 e. The van der Waals surface area contributed by atoms with Crippen LogP contribution in [0, 0.1) is 0 Å². The molecule has 1 fully saturated rings. The lowest BCUT2D eigenvalue weighted by molar-refractivity contribution is -0.133. The normalized spacial score (nSPS) is 22.8. The van der Waals surface area contributed by atoms with Crippen LogP contribution in [-0.4, -0.2) is 74.9 Å². The van der Waals surface area contributed by atoms with Crippen molar-refractivity contribution in [2.75, 3.05) is 17.3 Å². The quantitative estimate of drug-likeness (QED) is 0.274. The Bertz CT molecular complexity index is 1180. The van der Waals surface area contributed by atoms with E-state index in [1.165, 1.54) is 35.7 Å². The third-order valence-corrected chi connectivity index (χ3v) is 9.24. The minimum absolute atomic E-state index is 0.107. The van der Waals surface area contributed by atoms with Crippen LogP contribution < -0.4 is 27.4 Å². The van der Waals surface area contributed by atoms with Crippen molar-refractivity contribution < 1.29 is 24.3 Å². The van der Waals surface area contributed by atoms with E-state index in [1.807, 2.05) is 44.2 Å². The average Bonchev–Trinajstić information content (AvgIpc) is 2.91. The van der Waals surface area contributed by atoms with Crippen LogP contribution in [0.3, 0.4) is 0 Å². The first-order valence-corrected chi connectivity index (χ1v) is 15.1. The highest BCUT2D eigenvalue weighted by atomic mass is 32.2. The first kappa shape index (κ1) is 31.3. The van der Waals surface area contributed by atoms with Crippen LogP contribution in [0.1, 0.15) is 25.0 Å². The molecule has 0 spiro atoms. The zero-order chi connectivity index (χ0) is 29.3. The van der Waals surface area contributed by atoms with E-state index in [-0.39, 0.29) is 18.6 Å². The summed E-state index contributed by atoms with van der Waals surface area (Å²) in [5.41, 5.74) is 13.3. The average molecular weight is 588 g/mol. The molecule has 40 heavy (non-hydrogen) atoms. The number of phenolic OH excluding ortho intramolecular Hbond substituents is 1.